The Morgan fingerprint density at radius 2 is 1.86 bits per heavy atom. The van der Waals surface area contributed by atoms with E-state index in [1.165, 1.54) is 12.0 Å². The molecule has 1 aliphatic heterocycles. The van der Waals surface area contributed by atoms with E-state index in [0.29, 0.717) is 17.9 Å². The smallest absolute Gasteiger partial charge is 0.251 e. The molecule has 10 heteroatoms. The van der Waals surface area contributed by atoms with Crippen LogP contribution in [-0.2, 0) is 20.9 Å². The molecule has 2 atom stereocenters. The van der Waals surface area contributed by atoms with E-state index < -0.39 is 23.8 Å². The Morgan fingerprint density at radius 1 is 1.11 bits per heavy atom. The van der Waals surface area contributed by atoms with E-state index in [-0.39, 0.29) is 25.6 Å². The van der Waals surface area contributed by atoms with Crippen LogP contribution in [0.4, 0.5) is 0 Å². The molecule has 1 aliphatic rings. The predicted octanol–water partition coefficient (Wildman–Crippen LogP) is 1.83. The zero-order valence-corrected chi connectivity index (χ0v) is 20.1. The first kappa shape index (κ1) is 25.1. The zero-order chi connectivity index (χ0) is 25.7. The Morgan fingerprint density at radius 3 is 2.58 bits per heavy atom. The van der Waals surface area contributed by atoms with Gasteiger partial charge in [-0.1, -0.05) is 18.2 Å². The number of carbonyl (C=O) groups excluding carboxylic acids is 3. The monoisotopic (exact) mass is 492 g/mol. The number of nitrogens with one attached hydrogen (secondary N) is 2. The molecule has 3 N–H and O–H groups in total. The van der Waals surface area contributed by atoms with Gasteiger partial charge in [0.1, 0.15) is 19.0 Å². The van der Waals surface area contributed by atoms with Crippen molar-refractivity contribution >= 4 is 28.6 Å². The van der Waals surface area contributed by atoms with E-state index in [1.807, 2.05) is 37.3 Å². The Hall–Kier alpha value is -4.02. The van der Waals surface area contributed by atoms with Crippen molar-refractivity contribution in [2.24, 2.45) is 5.92 Å². The molecule has 1 fully saturated rings. The van der Waals surface area contributed by atoms with Crippen LogP contribution in [0.1, 0.15) is 21.6 Å². The minimum Gasteiger partial charge on any atom is -0.489 e. The van der Waals surface area contributed by atoms with Crippen molar-refractivity contribution in [3.63, 3.8) is 0 Å². The van der Waals surface area contributed by atoms with E-state index in [2.05, 4.69) is 10.3 Å². The highest BCUT2D eigenvalue weighted by Gasteiger charge is 2.40. The third kappa shape index (κ3) is 5.61. The van der Waals surface area contributed by atoms with Crippen LogP contribution < -0.4 is 15.5 Å². The number of hydrogen-bond donors (Lipinski definition) is 3. The number of para-hydroxylation sites is 1. The van der Waals surface area contributed by atoms with Crippen molar-refractivity contribution in [1.29, 1.82) is 0 Å². The molecule has 0 spiro atoms. The summed E-state index contributed by atoms with van der Waals surface area (Å²) in [7, 11) is 1.40. The van der Waals surface area contributed by atoms with Gasteiger partial charge in [0, 0.05) is 42.4 Å². The number of aryl methyl sites for hydroxylation is 1. The molecule has 4 rings (SSSR count). The standard InChI is InChI=1S/C26H28N4O6/c1-16-11-18(20-5-3-4-6-22(20)27-16)14-36-19-9-7-17(8-10-19)25(32)28-23-13-30(24(31)15-35-2)12-21(23)26(33)29-34/h3-11,21,23,34H,12-15H2,1-2H3,(H,28,32)(H,29,33)/t21-,23+/m0/s1. The summed E-state index contributed by atoms with van der Waals surface area (Å²) >= 11 is 0. The quantitative estimate of drug-likeness (QED) is 0.323. The Kier molecular flexibility index (Phi) is 7.77. The lowest BCUT2D eigenvalue weighted by Gasteiger charge is -2.18. The van der Waals surface area contributed by atoms with E-state index in [0.717, 1.165) is 22.2 Å². The molecule has 2 aromatic carbocycles. The van der Waals surface area contributed by atoms with Gasteiger partial charge in [0.15, 0.2) is 0 Å². The number of benzene rings is 2. The normalized spacial score (nSPS) is 17.1. The van der Waals surface area contributed by atoms with Gasteiger partial charge in [0.25, 0.3) is 5.91 Å². The van der Waals surface area contributed by atoms with Crippen molar-refractivity contribution in [3.05, 3.63) is 71.4 Å². The van der Waals surface area contributed by atoms with Gasteiger partial charge in [0.05, 0.1) is 17.5 Å². The van der Waals surface area contributed by atoms with Crippen molar-refractivity contribution in [3.8, 4) is 5.75 Å². The molecular weight excluding hydrogens is 464 g/mol. The predicted molar refractivity (Wildman–Crippen MR) is 130 cm³/mol. The third-order valence-corrected chi connectivity index (χ3v) is 6.14. The number of methoxy groups -OCH3 is 1. The number of carbonyl (C=O) groups is 3. The highest BCUT2D eigenvalue weighted by atomic mass is 16.5. The zero-order valence-electron chi connectivity index (χ0n) is 20.1. The molecule has 0 bridgehead atoms. The Labute approximate surface area is 208 Å². The van der Waals surface area contributed by atoms with Gasteiger partial charge >= 0.3 is 0 Å². The molecular formula is C26H28N4O6. The molecule has 0 aliphatic carbocycles. The minimum atomic E-state index is -0.791. The highest BCUT2D eigenvalue weighted by molar-refractivity contribution is 5.95. The number of rotatable bonds is 8. The summed E-state index contributed by atoms with van der Waals surface area (Å²) in [5.41, 5.74) is 4.81. The number of pyridine rings is 1. The van der Waals surface area contributed by atoms with Gasteiger partial charge in [-0.15, -0.1) is 0 Å². The second-order valence-corrected chi connectivity index (χ2v) is 8.65. The molecule has 1 saturated heterocycles. The van der Waals surface area contributed by atoms with Crippen LogP contribution in [0.15, 0.2) is 54.6 Å². The summed E-state index contributed by atoms with van der Waals surface area (Å²) in [6, 6.07) is 15.9. The molecule has 3 amide bonds. The number of nitrogens with zero attached hydrogens (tertiary/aromatic N) is 2. The highest BCUT2D eigenvalue weighted by Crippen LogP contribution is 2.22. The van der Waals surface area contributed by atoms with Gasteiger partial charge in [-0.25, -0.2) is 5.48 Å². The molecule has 36 heavy (non-hydrogen) atoms. The second-order valence-electron chi connectivity index (χ2n) is 8.65. The van der Waals surface area contributed by atoms with E-state index in [9.17, 15) is 14.4 Å². The summed E-state index contributed by atoms with van der Waals surface area (Å²) in [4.78, 5) is 43.1. The van der Waals surface area contributed by atoms with Crippen molar-refractivity contribution in [1.82, 2.24) is 20.7 Å². The first-order chi connectivity index (χ1) is 17.4. The van der Waals surface area contributed by atoms with Crippen LogP contribution in [0.2, 0.25) is 0 Å². The number of aromatic nitrogens is 1. The summed E-state index contributed by atoms with van der Waals surface area (Å²) in [5, 5.41) is 12.9. The first-order valence-corrected chi connectivity index (χ1v) is 11.5. The van der Waals surface area contributed by atoms with Crippen LogP contribution >= 0.6 is 0 Å². The Bertz CT molecular complexity index is 1260. The van der Waals surface area contributed by atoms with Gasteiger partial charge in [-0.2, -0.15) is 0 Å². The van der Waals surface area contributed by atoms with Crippen LogP contribution in [0.5, 0.6) is 5.75 Å². The van der Waals surface area contributed by atoms with Crippen LogP contribution in [0, 0.1) is 12.8 Å². The third-order valence-electron chi connectivity index (χ3n) is 6.14. The minimum absolute atomic E-state index is 0.0650. The summed E-state index contributed by atoms with van der Waals surface area (Å²) in [6.45, 7) is 2.35. The molecule has 0 saturated carbocycles. The second kappa shape index (κ2) is 11.1. The first-order valence-electron chi connectivity index (χ1n) is 11.5. The maximum Gasteiger partial charge on any atom is 0.251 e. The van der Waals surface area contributed by atoms with E-state index in [4.69, 9.17) is 14.7 Å². The molecule has 0 unspecified atom stereocenters. The number of hydrogen-bond acceptors (Lipinski definition) is 7. The average Bonchev–Trinajstić information content (AvgIpc) is 3.31. The van der Waals surface area contributed by atoms with Crippen molar-refractivity contribution < 1.29 is 29.1 Å². The van der Waals surface area contributed by atoms with Crippen molar-refractivity contribution in [2.75, 3.05) is 26.8 Å². The fraction of sp³-hybridized carbons (Fsp3) is 0.308. The molecule has 10 nitrogen and oxygen atoms in total. The fourth-order valence-electron chi connectivity index (χ4n) is 4.35. The molecule has 188 valence electrons. The number of fused-ring (bicyclic) bond motifs is 1. The average molecular weight is 493 g/mol. The SMILES string of the molecule is COCC(=O)N1C[C@H](C(=O)NO)[C@H](NC(=O)c2ccc(OCc3cc(C)nc4ccccc34)cc2)C1. The number of hydroxylamine groups is 1. The van der Waals surface area contributed by atoms with Gasteiger partial charge in [-0.3, -0.25) is 24.6 Å². The number of likely N-dealkylation sites (tertiary alicyclic amines) is 1. The van der Waals surface area contributed by atoms with Crippen LogP contribution in [-0.4, -0.2) is 65.7 Å². The largest absolute Gasteiger partial charge is 0.489 e. The Balaban J connectivity index is 1.40. The van der Waals surface area contributed by atoms with Gasteiger partial charge in [0.2, 0.25) is 11.8 Å². The van der Waals surface area contributed by atoms with E-state index >= 15 is 0 Å². The lowest BCUT2D eigenvalue weighted by Crippen LogP contribution is -2.45. The number of ether oxygens (including phenoxy) is 2. The maximum atomic E-state index is 12.9. The molecule has 3 aromatic rings. The maximum absolute atomic E-state index is 12.9. The van der Waals surface area contributed by atoms with Crippen LogP contribution in [0.25, 0.3) is 10.9 Å². The summed E-state index contributed by atoms with van der Waals surface area (Å²) in [5.74, 6) is -1.57. The summed E-state index contributed by atoms with van der Waals surface area (Å²) < 4.78 is 10.8. The van der Waals surface area contributed by atoms with Gasteiger partial charge in [-0.05, 0) is 43.3 Å². The lowest BCUT2D eigenvalue weighted by molar-refractivity contribution is -0.135. The van der Waals surface area contributed by atoms with Crippen LogP contribution in [0.3, 0.4) is 0 Å². The summed E-state index contributed by atoms with van der Waals surface area (Å²) in [6.07, 6.45) is 0. The fourth-order valence-corrected chi connectivity index (χ4v) is 4.35. The van der Waals surface area contributed by atoms with Crippen molar-refractivity contribution in [2.45, 2.75) is 19.6 Å². The number of amides is 3. The van der Waals surface area contributed by atoms with E-state index in [1.54, 1.807) is 29.7 Å². The van der Waals surface area contributed by atoms with Gasteiger partial charge < -0.3 is 19.7 Å². The topological polar surface area (TPSA) is 130 Å². The molecule has 0 radical (unpaired) electrons. The molecule has 1 aromatic heterocycles. The molecule has 2 heterocycles. The lowest BCUT2D eigenvalue weighted by atomic mass is 10.0.